The molecule has 2 aromatic rings. The lowest BCUT2D eigenvalue weighted by atomic mass is 9.90. The molecule has 2 aromatic heterocycles. The van der Waals surface area contributed by atoms with Crippen LogP contribution in [-0.2, 0) is 4.74 Å². The first-order chi connectivity index (χ1) is 11.6. The van der Waals surface area contributed by atoms with Crippen molar-refractivity contribution in [2.45, 2.75) is 44.1 Å². The van der Waals surface area contributed by atoms with Crippen molar-refractivity contribution in [1.82, 2.24) is 19.5 Å². The van der Waals surface area contributed by atoms with Crippen molar-refractivity contribution in [3.8, 4) is 0 Å². The summed E-state index contributed by atoms with van der Waals surface area (Å²) < 4.78 is 7.38. The predicted molar refractivity (Wildman–Crippen MR) is 91.1 cm³/mol. The van der Waals surface area contributed by atoms with Crippen LogP contribution in [0.2, 0.25) is 0 Å². The number of nitrogens with zero attached hydrogens (tertiary/aromatic N) is 4. The van der Waals surface area contributed by atoms with Crippen LogP contribution in [0.15, 0.2) is 18.3 Å². The van der Waals surface area contributed by atoms with Gasteiger partial charge in [0.05, 0.1) is 11.3 Å². The number of aromatic nitrogens is 3. The molecule has 4 rings (SSSR count). The summed E-state index contributed by atoms with van der Waals surface area (Å²) in [4.78, 5) is 6.82. The van der Waals surface area contributed by atoms with Crippen molar-refractivity contribution in [3.05, 3.63) is 29.7 Å². The van der Waals surface area contributed by atoms with Gasteiger partial charge in [0.1, 0.15) is 0 Å². The molecule has 130 valence electrons. The average Bonchev–Trinajstić information content (AvgIpc) is 2.96. The van der Waals surface area contributed by atoms with Gasteiger partial charge in [-0.25, -0.2) is 9.50 Å². The number of aliphatic hydroxyl groups is 1. The van der Waals surface area contributed by atoms with E-state index in [1.54, 1.807) is 0 Å². The third kappa shape index (κ3) is 3.18. The first-order valence-electron chi connectivity index (χ1n) is 8.97. The van der Waals surface area contributed by atoms with E-state index in [1.165, 1.54) is 5.69 Å². The molecule has 0 aliphatic carbocycles. The van der Waals surface area contributed by atoms with Crippen molar-refractivity contribution < 1.29 is 9.84 Å². The molecule has 0 saturated carbocycles. The molecule has 2 aliphatic heterocycles. The number of fused-ring (bicyclic) bond motifs is 1. The highest BCUT2D eigenvalue weighted by molar-refractivity contribution is 5.40. The Morgan fingerprint density at radius 3 is 2.79 bits per heavy atom. The summed E-state index contributed by atoms with van der Waals surface area (Å²) in [6.45, 7) is 6.20. The molecule has 0 bridgehead atoms. The number of ether oxygens (including phenoxy) is 1. The Labute approximate surface area is 142 Å². The summed E-state index contributed by atoms with van der Waals surface area (Å²) in [5, 5.41) is 15.3. The molecule has 0 amide bonds. The van der Waals surface area contributed by atoms with E-state index in [-0.39, 0.29) is 0 Å². The van der Waals surface area contributed by atoms with Crippen molar-refractivity contribution >= 4 is 5.65 Å². The van der Waals surface area contributed by atoms with Gasteiger partial charge < -0.3 is 14.7 Å². The highest BCUT2D eigenvalue weighted by atomic mass is 16.5. The summed E-state index contributed by atoms with van der Waals surface area (Å²) in [5.74, 6) is 0.510. The Balaban J connectivity index is 1.42. The third-order valence-corrected chi connectivity index (χ3v) is 5.46. The fraction of sp³-hybridized carbons (Fsp3) is 0.667. The van der Waals surface area contributed by atoms with Crippen LogP contribution >= 0.6 is 0 Å². The second kappa shape index (κ2) is 6.43. The molecule has 1 N–H and O–H groups in total. The molecule has 6 heteroatoms. The van der Waals surface area contributed by atoms with E-state index in [0.29, 0.717) is 19.1 Å². The molecule has 0 atom stereocenters. The standard InChI is InChI=1S/C18H26N4O2/c1-14-12-17-19-7-2-16(22(17)20-14)15-3-8-21(9-4-15)13-18(23)5-10-24-11-6-18/h2,7,12,15,23H,3-6,8-11,13H2,1H3. The second-order valence-electron chi connectivity index (χ2n) is 7.31. The van der Waals surface area contributed by atoms with Gasteiger partial charge in [0.15, 0.2) is 5.65 Å². The largest absolute Gasteiger partial charge is 0.388 e. The maximum absolute atomic E-state index is 10.7. The predicted octanol–water partition coefficient (Wildman–Crippen LogP) is 1.76. The summed E-state index contributed by atoms with van der Waals surface area (Å²) >= 11 is 0. The first kappa shape index (κ1) is 16.0. The van der Waals surface area contributed by atoms with Crippen LogP contribution in [0.4, 0.5) is 0 Å². The summed E-state index contributed by atoms with van der Waals surface area (Å²) in [7, 11) is 0. The highest BCUT2D eigenvalue weighted by Gasteiger charge is 2.33. The quantitative estimate of drug-likeness (QED) is 0.929. The Morgan fingerprint density at radius 1 is 1.29 bits per heavy atom. The Morgan fingerprint density at radius 2 is 2.04 bits per heavy atom. The topological polar surface area (TPSA) is 62.9 Å². The summed E-state index contributed by atoms with van der Waals surface area (Å²) in [6, 6.07) is 4.13. The molecule has 24 heavy (non-hydrogen) atoms. The van der Waals surface area contributed by atoms with Gasteiger partial charge in [0.2, 0.25) is 0 Å². The Kier molecular flexibility index (Phi) is 4.28. The lowest BCUT2D eigenvalue weighted by molar-refractivity contribution is -0.0821. The Hall–Kier alpha value is -1.50. The van der Waals surface area contributed by atoms with Gasteiger partial charge in [-0.2, -0.15) is 5.10 Å². The van der Waals surface area contributed by atoms with Gasteiger partial charge in [0.25, 0.3) is 0 Å². The third-order valence-electron chi connectivity index (χ3n) is 5.46. The van der Waals surface area contributed by atoms with Gasteiger partial charge in [-0.05, 0) is 38.9 Å². The minimum absolute atomic E-state index is 0.510. The summed E-state index contributed by atoms with van der Waals surface area (Å²) in [6.07, 6.45) is 5.60. The fourth-order valence-electron chi connectivity index (χ4n) is 4.05. The SMILES string of the molecule is Cc1cc2nccc(C3CCN(CC4(O)CCOCC4)CC3)n2n1. The molecule has 0 radical (unpaired) electrons. The van der Waals surface area contributed by atoms with E-state index in [1.807, 2.05) is 23.7 Å². The van der Waals surface area contributed by atoms with Crippen molar-refractivity contribution in [1.29, 1.82) is 0 Å². The minimum Gasteiger partial charge on any atom is -0.388 e. The van der Waals surface area contributed by atoms with Gasteiger partial charge in [0, 0.05) is 56.5 Å². The molecule has 0 aromatic carbocycles. The Bertz CT molecular complexity index is 700. The number of piperidine rings is 1. The monoisotopic (exact) mass is 330 g/mol. The number of β-amino-alcohol motifs (C(OH)–C–C–N with tert-alkyl or cyclic N) is 1. The van der Waals surface area contributed by atoms with E-state index in [4.69, 9.17) is 4.74 Å². The first-order valence-corrected chi connectivity index (χ1v) is 8.97. The van der Waals surface area contributed by atoms with Crippen molar-refractivity contribution in [2.24, 2.45) is 0 Å². The van der Waals surface area contributed by atoms with Crippen LogP contribution in [0, 0.1) is 6.92 Å². The zero-order valence-corrected chi connectivity index (χ0v) is 14.3. The number of hydrogen-bond acceptors (Lipinski definition) is 5. The number of hydrogen-bond donors (Lipinski definition) is 1. The average molecular weight is 330 g/mol. The molecule has 2 fully saturated rings. The van der Waals surface area contributed by atoms with Crippen LogP contribution in [0.3, 0.4) is 0 Å². The maximum Gasteiger partial charge on any atom is 0.155 e. The normalized spacial score (nSPS) is 22.9. The van der Waals surface area contributed by atoms with Gasteiger partial charge >= 0.3 is 0 Å². The van der Waals surface area contributed by atoms with E-state index in [0.717, 1.165) is 56.7 Å². The maximum atomic E-state index is 10.7. The van der Waals surface area contributed by atoms with Crippen LogP contribution in [0.25, 0.3) is 5.65 Å². The lowest BCUT2D eigenvalue weighted by Crippen LogP contribution is -2.48. The minimum atomic E-state index is -0.561. The van der Waals surface area contributed by atoms with E-state index in [9.17, 15) is 5.11 Å². The molecule has 2 saturated heterocycles. The molecular formula is C18H26N4O2. The van der Waals surface area contributed by atoms with Gasteiger partial charge in [-0.15, -0.1) is 0 Å². The molecule has 6 nitrogen and oxygen atoms in total. The lowest BCUT2D eigenvalue weighted by Gasteiger charge is -2.39. The van der Waals surface area contributed by atoms with Crippen LogP contribution in [0.5, 0.6) is 0 Å². The number of rotatable bonds is 3. The van der Waals surface area contributed by atoms with Crippen LogP contribution < -0.4 is 0 Å². The fourth-order valence-corrected chi connectivity index (χ4v) is 4.05. The van der Waals surface area contributed by atoms with Crippen LogP contribution in [0.1, 0.15) is 43.0 Å². The molecular weight excluding hydrogens is 304 g/mol. The smallest absolute Gasteiger partial charge is 0.155 e. The van der Waals surface area contributed by atoms with Crippen molar-refractivity contribution in [3.63, 3.8) is 0 Å². The van der Waals surface area contributed by atoms with Gasteiger partial charge in [-0.1, -0.05) is 0 Å². The number of aryl methyl sites for hydroxylation is 1. The van der Waals surface area contributed by atoms with Gasteiger partial charge in [-0.3, -0.25) is 0 Å². The second-order valence-corrected chi connectivity index (χ2v) is 7.31. The zero-order valence-electron chi connectivity index (χ0n) is 14.3. The molecule has 4 heterocycles. The summed E-state index contributed by atoms with van der Waals surface area (Å²) in [5.41, 5.74) is 2.64. The highest BCUT2D eigenvalue weighted by Crippen LogP contribution is 2.30. The molecule has 0 spiro atoms. The van der Waals surface area contributed by atoms with E-state index < -0.39 is 5.60 Å². The van der Waals surface area contributed by atoms with E-state index >= 15 is 0 Å². The number of likely N-dealkylation sites (tertiary alicyclic amines) is 1. The zero-order chi connectivity index (χ0) is 16.6. The van der Waals surface area contributed by atoms with Crippen LogP contribution in [-0.4, -0.2) is 63.1 Å². The van der Waals surface area contributed by atoms with E-state index in [2.05, 4.69) is 21.0 Å². The molecule has 2 aliphatic rings. The van der Waals surface area contributed by atoms with Crippen molar-refractivity contribution in [2.75, 3.05) is 32.8 Å². The molecule has 0 unspecified atom stereocenters.